The number of carbonyl (C=O) groups excluding carboxylic acids is 2. The van der Waals surface area contributed by atoms with Crippen molar-refractivity contribution < 1.29 is 19.1 Å². The number of hydrogen-bond donors (Lipinski definition) is 2. The third-order valence-electron chi connectivity index (χ3n) is 5.90. The fourth-order valence-electron chi connectivity index (χ4n) is 4.07. The number of amides is 2. The van der Waals surface area contributed by atoms with Crippen LogP contribution in [0.4, 0.5) is 0 Å². The Balaban J connectivity index is 1.56. The molecule has 2 amide bonds. The van der Waals surface area contributed by atoms with Crippen LogP contribution >= 0.6 is 0 Å². The molecule has 0 spiro atoms. The molecule has 0 aromatic heterocycles. The third kappa shape index (κ3) is 5.55. The second kappa shape index (κ2) is 11.7. The molecular formula is C30H28N2O4. The Morgan fingerprint density at radius 1 is 0.556 bits per heavy atom. The number of nitrogens with one attached hydrogen (secondary N) is 2. The summed E-state index contributed by atoms with van der Waals surface area (Å²) in [5.41, 5.74) is 4.08. The quantitative estimate of drug-likeness (QED) is 0.344. The summed E-state index contributed by atoms with van der Waals surface area (Å²) in [5, 5.41) is 5.95. The van der Waals surface area contributed by atoms with E-state index in [1.807, 2.05) is 84.9 Å². The fourth-order valence-corrected chi connectivity index (χ4v) is 4.07. The molecule has 0 saturated heterocycles. The summed E-state index contributed by atoms with van der Waals surface area (Å²) < 4.78 is 10.8. The summed E-state index contributed by atoms with van der Waals surface area (Å²) in [6, 6.07) is 29.7. The van der Waals surface area contributed by atoms with Gasteiger partial charge in [0.25, 0.3) is 11.8 Å². The highest BCUT2D eigenvalue weighted by Crippen LogP contribution is 2.28. The Kier molecular flexibility index (Phi) is 7.98. The van der Waals surface area contributed by atoms with Crippen LogP contribution in [0.3, 0.4) is 0 Å². The molecule has 0 radical (unpaired) electrons. The van der Waals surface area contributed by atoms with Gasteiger partial charge in [0.2, 0.25) is 0 Å². The van der Waals surface area contributed by atoms with Gasteiger partial charge in [0.15, 0.2) is 0 Å². The van der Waals surface area contributed by atoms with E-state index in [2.05, 4.69) is 10.6 Å². The van der Waals surface area contributed by atoms with Gasteiger partial charge < -0.3 is 20.1 Å². The molecule has 0 bridgehead atoms. The Morgan fingerprint density at radius 3 is 1.33 bits per heavy atom. The van der Waals surface area contributed by atoms with Crippen LogP contribution < -0.4 is 20.1 Å². The van der Waals surface area contributed by atoms with E-state index in [0.29, 0.717) is 46.8 Å². The predicted molar refractivity (Wildman–Crippen MR) is 140 cm³/mol. The van der Waals surface area contributed by atoms with Gasteiger partial charge >= 0.3 is 0 Å². The van der Waals surface area contributed by atoms with E-state index in [1.165, 1.54) is 0 Å². The van der Waals surface area contributed by atoms with Gasteiger partial charge in [-0.05, 0) is 35.4 Å². The molecular weight excluding hydrogens is 452 g/mol. The molecule has 6 nitrogen and oxygen atoms in total. The van der Waals surface area contributed by atoms with E-state index in [9.17, 15) is 9.59 Å². The van der Waals surface area contributed by atoms with Crippen LogP contribution in [0.1, 0.15) is 31.8 Å². The van der Waals surface area contributed by atoms with Crippen LogP contribution in [0, 0.1) is 0 Å². The number of benzene rings is 4. The number of carbonyl (C=O) groups is 2. The molecule has 0 aliphatic carbocycles. The lowest BCUT2D eigenvalue weighted by Gasteiger charge is -2.15. The largest absolute Gasteiger partial charge is 0.496 e. The maximum Gasteiger partial charge on any atom is 0.252 e. The minimum Gasteiger partial charge on any atom is -0.496 e. The van der Waals surface area contributed by atoms with Crippen molar-refractivity contribution in [1.82, 2.24) is 10.6 Å². The van der Waals surface area contributed by atoms with E-state index in [4.69, 9.17) is 9.47 Å². The molecule has 0 heterocycles. The van der Waals surface area contributed by atoms with E-state index < -0.39 is 0 Å². The van der Waals surface area contributed by atoms with Crippen LogP contribution in [0.2, 0.25) is 0 Å². The Morgan fingerprint density at radius 2 is 0.917 bits per heavy atom. The topological polar surface area (TPSA) is 76.7 Å². The van der Waals surface area contributed by atoms with Gasteiger partial charge in [-0.1, -0.05) is 72.8 Å². The molecule has 2 N–H and O–H groups in total. The molecule has 0 unspecified atom stereocenters. The van der Waals surface area contributed by atoms with Gasteiger partial charge in [-0.25, -0.2) is 0 Å². The lowest BCUT2D eigenvalue weighted by atomic mass is 9.94. The van der Waals surface area contributed by atoms with Crippen LogP contribution in [0.25, 0.3) is 11.1 Å². The van der Waals surface area contributed by atoms with Gasteiger partial charge in [-0.15, -0.1) is 0 Å². The summed E-state index contributed by atoms with van der Waals surface area (Å²) in [5.74, 6) is 0.952. The number of methoxy groups -OCH3 is 2. The summed E-state index contributed by atoms with van der Waals surface area (Å²) in [4.78, 5) is 26.4. The van der Waals surface area contributed by atoms with E-state index in [1.54, 1.807) is 26.4 Å². The standard InChI is InChI=1S/C30H28N2O4/c1-35-27-17-9-3-11-21(27)19-31-29(33)25-15-7-5-13-23(25)24-14-6-8-16-26(24)30(34)32-20-22-12-4-10-18-28(22)36-2/h3-18H,19-20H2,1-2H3,(H,31,33)(H,32,34). The molecule has 4 rings (SSSR count). The van der Waals surface area contributed by atoms with Gasteiger partial charge in [-0.3, -0.25) is 9.59 Å². The number of hydrogen-bond acceptors (Lipinski definition) is 4. The number of para-hydroxylation sites is 2. The average molecular weight is 481 g/mol. The first-order valence-corrected chi connectivity index (χ1v) is 11.6. The molecule has 4 aromatic rings. The minimum absolute atomic E-state index is 0.235. The molecule has 0 fully saturated rings. The summed E-state index contributed by atoms with van der Waals surface area (Å²) in [7, 11) is 3.21. The van der Waals surface area contributed by atoms with Crippen molar-refractivity contribution in [2.45, 2.75) is 13.1 Å². The highest BCUT2D eigenvalue weighted by atomic mass is 16.5. The van der Waals surface area contributed by atoms with Gasteiger partial charge in [0.1, 0.15) is 11.5 Å². The molecule has 0 saturated carbocycles. The van der Waals surface area contributed by atoms with Crippen molar-refractivity contribution >= 4 is 11.8 Å². The van der Waals surface area contributed by atoms with Crippen LogP contribution in [0.15, 0.2) is 97.1 Å². The molecule has 4 aromatic carbocycles. The monoisotopic (exact) mass is 480 g/mol. The summed E-state index contributed by atoms with van der Waals surface area (Å²) in [6.45, 7) is 0.635. The van der Waals surface area contributed by atoms with E-state index in [-0.39, 0.29) is 11.8 Å². The van der Waals surface area contributed by atoms with Crippen molar-refractivity contribution in [3.05, 3.63) is 119 Å². The van der Waals surface area contributed by atoms with Crippen molar-refractivity contribution in [1.29, 1.82) is 0 Å². The van der Waals surface area contributed by atoms with Crippen molar-refractivity contribution in [2.75, 3.05) is 14.2 Å². The first-order chi connectivity index (χ1) is 17.6. The molecule has 6 heteroatoms. The Bertz CT molecular complexity index is 1260. The number of ether oxygens (including phenoxy) is 2. The fraction of sp³-hybridized carbons (Fsp3) is 0.133. The zero-order chi connectivity index (χ0) is 25.3. The molecule has 0 aliphatic heterocycles. The lowest BCUT2D eigenvalue weighted by Crippen LogP contribution is -2.25. The normalized spacial score (nSPS) is 10.4. The lowest BCUT2D eigenvalue weighted by molar-refractivity contribution is 0.0941. The molecule has 0 aliphatic rings. The smallest absolute Gasteiger partial charge is 0.252 e. The predicted octanol–water partition coefficient (Wildman–Crippen LogP) is 5.23. The average Bonchev–Trinajstić information content (AvgIpc) is 2.94. The summed E-state index contributed by atoms with van der Waals surface area (Å²) in [6.07, 6.45) is 0. The van der Waals surface area contributed by atoms with Gasteiger partial charge in [-0.2, -0.15) is 0 Å². The first kappa shape index (κ1) is 24.5. The van der Waals surface area contributed by atoms with Crippen molar-refractivity contribution in [3.63, 3.8) is 0 Å². The van der Waals surface area contributed by atoms with Gasteiger partial charge in [0, 0.05) is 35.3 Å². The molecule has 36 heavy (non-hydrogen) atoms. The highest BCUT2D eigenvalue weighted by molar-refractivity contribution is 6.06. The Labute approximate surface area is 210 Å². The Hall–Kier alpha value is -4.58. The maximum absolute atomic E-state index is 13.2. The SMILES string of the molecule is COc1ccccc1CNC(=O)c1ccccc1-c1ccccc1C(=O)NCc1ccccc1OC. The van der Waals surface area contributed by atoms with Crippen LogP contribution in [-0.2, 0) is 13.1 Å². The summed E-state index contributed by atoms with van der Waals surface area (Å²) >= 11 is 0. The minimum atomic E-state index is -0.235. The maximum atomic E-state index is 13.2. The van der Waals surface area contributed by atoms with Gasteiger partial charge in [0.05, 0.1) is 14.2 Å². The molecule has 0 atom stereocenters. The van der Waals surface area contributed by atoms with Crippen molar-refractivity contribution in [3.8, 4) is 22.6 Å². The van der Waals surface area contributed by atoms with Crippen LogP contribution in [-0.4, -0.2) is 26.0 Å². The first-order valence-electron chi connectivity index (χ1n) is 11.6. The van der Waals surface area contributed by atoms with Crippen LogP contribution in [0.5, 0.6) is 11.5 Å². The third-order valence-corrected chi connectivity index (χ3v) is 5.90. The zero-order valence-electron chi connectivity index (χ0n) is 20.3. The van der Waals surface area contributed by atoms with Crippen molar-refractivity contribution in [2.24, 2.45) is 0 Å². The highest BCUT2D eigenvalue weighted by Gasteiger charge is 2.18. The second-order valence-corrected chi connectivity index (χ2v) is 8.08. The van der Waals surface area contributed by atoms with E-state index >= 15 is 0 Å². The molecule has 182 valence electrons. The second-order valence-electron chi connectivity index (χ2n) is 8.08. The van der Waals surface area contributed by atoms with E-state index in [0.717, 1.165) is 11.1 Å². The number of rotatable bonds is 9. The zero-order valence-corrected chi connectivity index (χ0v) is 20.3.